The SMILES string of the molecule is COc1cc(Oc2cc(Oc3ccc(N)c(OC)c3)cc(C(=O)O)c2)ccc1N. The summed E-state index contributed by atoms with van der Waals surface area (Å²) in [6.07, 6.45) is 0. The second-order valence-electron chi connectivity index (χ2n) is 6.01. The van der Waals surface area contributed by atoms with Gasteiger partial charge in [0.15, 0.2) is 0 Å². The molecule has 29 heavy (non-hydrogen) atoms. The Morgan fingerprint density at radius 2 is 1.17 bits per heavy atom. The number of hydrogen-bond acceptors (Lipinski definition) is 7. The van der Waals surface area contributed by atoms with E-state index < -0.39 is 5.97 Å². The molecule has 5 N–H and O–H groups in total. The Morgan fingerprint density at radius 3 is 1.55 bits per heavy atom. The first-order valence-electron chi connectivity index (χ1n) is 8.50. The van der Waals surface area contributed by atoms with Crippen molar-refractivity contribution in [2.75, 3.05) is 25.7 Å². The van der Waals surface area contributed by atoms with Crippen molar-refractivity contribution in [2.45, 2.75) is 0 Å². The van der Waals surface area contributed by atoms with Gasteiger partial charge in [0.25, 0.3) is 0 Å². The highest BCUT2D eigenvalue weighted by molar-refractivity contribution is 5.88. The molecule has 0 heterocycles. The summed E-state index contributed by atoms with van der Waals surface area (Å²) in [5, 5.41) is 9.42. The number of anilines is 2. The molecule has 0 spiro atoms. The maximum absolute atomic E-state index is 11.5. The third-order valence-corrected chi connectivity index (χ3v) is 4.01. The molecule has 150 valence electrons. The van der Waals surface area contributed by atoms with Crippen LogP contribution in [0, 0.1) is 0 Å². The van der Waals surface area contributed by atoms with Crippen LogP contribution in [-0.2, 0) is 0 Å². The molecule has 0 unspecified atom stereocenters. The van der Waals surface area contributed by atoms with Crippen LogP contribution in [0.2, 0.25) is 0 Å². The average molecular weight is 396 g/mol. The van der Waals surface area contributed by atoms with Crippen molar-refractivity contribution in [1.82, 2.24) is 0 Å². The van der Waals surface area contributed by atoms with Crippen molar-refractivity contribution in [3.05, 3.63) is 60.2 Å². The zero-order chi connectivity index (χ0) is 21.0. The van der Waals surface area contributed by atoms with E-state index in [4.69, 9.17) is 30.4 Å². The van der Waals surface area contributed by atoms with E-state index in [0.717, 1.165) is 0 Å². The van der Waals surface area contributed by atoms with E-state index in [1.165, 1.54) is 26.4 Å². The first kappa shape index (κ1) is 19.7. The molecular weight excluding hydrogens is 376 g/mol. The molecule has 0 aliphatic carbocycles. The summed E-state index contributed by atoms with van der Waals surface area (Å²) < 4.78 is 21.9. The molecule has 3 aromatic carbocycles. The first-order valence-corrected chi connectivity index (χ1v) is 8.50. The first-order chi connectivity index (χ1) is 13.9. The van der Waals surface area contributed by atoms with Crippen LogP contribution in [0.1, 0.15) is 10.4 Å². The molecule has 0 aromatic heterocycles. The van der Waals surface area contributed by atoms with Crippen molar-refractivity contribution in [3.8, 4) is 34.5 Å². The van der Waals surface area contributed by atoms with Crippen molar-refractivity contribution in [3.63, 3.8) is 0 Å². The minimum absolute atomic E-state index is 0.00215. The number of carboxylic acid groups (broad SMARTS) is 1. The van der Waals surface area contributed by atoms with E-state index in [0.29, 0.717) is 34.4 Å². The molecule has 8 heteroatoms. The third-order valence-electron chi connectivity index (χ3n) is 4.01. The Labute approximate surface area is 167 Å². The second kappa shape index (κ2) is 8.30. The number of carbonyl (C=O) groups is 1. The van der Waals surface area contributed by atoms with Gasteiger partial charge >= 0.3 is 5.97 Å². The molecule has 0 aliphatic heterocycles. The Kier molecular flexibility index (Phi) is 5.64. The van der Waals surface area contributed by atoms with Crippen LogP contribution >= 0.6 is 0 Å². The number of methoxy groups -OCH3 is 2. The lowest BCUT2D eigenvalue weighted by Gasteiger charge is -2.13. The number of benzene rings is 3. The quantitative estimate of drug-likeness (QED) is 0.508. The second-order valence-corrected chi connectivity index (χ2v) is 6.01. The van der Waals surface area contributed by atoms with Crippen LogP contribution in [-0.4, -0.2) is 25.3 Å². The van der Waals surface area contributed by atoms with E-state index in [2.05, 4.69) is 0 Å². The molecule has 0 aliphatic rings. The van der Waals surface area contributed by atoms with Crippen LogP contribution in [0.5, 0.6) is 34.5 Å². The Hall–Kier alpha value is -4.07. The van der Waals surface area contributed by atoms with E-state index >= 15 is 0 Å². The minimum atomic E-state index is -1.12. The van der Waals surface area contributed by atoms with Crippen molar-refractivity contribution in [1.29, 1.82) is 0 Å². The Balaban J connectivity index is 1.93. The molecule has 3 aromatic rings. The largest absolute Gasteiger partial charge is 0.494 e. The predicted molar refractivity (Wildman–Crippen MR) is 108 cm³/mol. The molecule has 0 fully saturated rings. The molecule has 8 nitrogen and oxygen atoms in total. The van der Waals surface area contributed by atoms with Crippen LogP contribution in [0.25, 0.3) is 0 Å². The van der Waals surface area contributed by atoms with Gasteiger partial charge in [0.1, 0.15) is 34.5 Å². The number of hydrogen-bond donors (Lipinski definition) is 3. The molecule has 0 saturated carbocycles. The molecule has 0 saturated heterocycles. The normalized spacial score (nSPS) is 10.3. The van der Waals surface area contributed by atoms with E-state index in [1.54, 1.807) is 42.5 Å². The lowest BCUT2D eigenvalue weighted by atomic mass is 10.2. The van der Waals surface area contributed by atoms with Gasteiger partial charge in [0.2, 0.25) is 0 Å². The lowest BCUT2D eigenvalue weighted by Crippen LogP contribution is -1.99. The molecule has 0 atom stereocenters. The van der Waals surface area contributed by atoms with Crippen LogP contribution < -0.4 is 30.4 Å². The van der Waals surface area contributed by atoms with Crippen molar-refractivity contribution >= 4 is 17.3 Å². The summed E-state index contributed by atoms with van der Waals surface area (Å²) in [7, 11) is 2.99. The molecule has 0 bridgehead atoms. The molecule has 0 amide bonds. The maximum atomic E-state index is 11.5. The number of nitrogens with two attached hydrogens (primary N) is 2. The summed E-state index contributed by atoms with van der Waals surface area (Å²) in [4.78, 5) is 11.5. The summed E-state index contributed by atoms with van der Waals surface area (Å²) in [6.45, 7) is 0. The Morgan fingerprint density at radius 1 is 0.724 bits per heavy atom. The number of aromatic carboxylic acids is 1. The van der Waals surface area contributed by atoms with Gasteiger partial charge in [-0.2, -0.15) is 0 Å². The van der Waals surface area contributed by atoms with Crippen molar-refractivity contribution in [2.24, 2.45) is 0 Å². The van der Waals surface area contributed by atoms with Gasteiger partial charge in [-0.15, -0.1) is 0 Å². The maximum Gasteiger partial charge on any atom is 0.335 e. The highest BCUT2D eigenvalue weighted by atomic mass is 16.5. The van der Waals surface area contributed by atoms with Gasteiger partial charge in [-0.1, -0.05) is 0 Å². The monoisotopic (exact) mass is 396 g/mol. The average Bonchev–Trinajstić information content (AvgIpc) is 2.70. The third kappa shape index (κ3) is 4.62. The Bertz CT molecular complexity index is 978. The number of rotatable bonds is 7. The summed E-state index contributed by atoms with van der Waals surface area (Å²) >= 11 is 0. The number of carboxylic acids is 1. The molecule has 3 rings (SSSR count). The van der Waals surface area contributed by atoms with Crippen LogP contribution in [0.3, 0.4) is 0 Å². The van der Waals surface area contributed by atoms with Crippen LogP contribution in [0.15, 0.2) is 54.6 Å². The van der Waals surface area contributed by atoms with E-state index in [-0.39, 0.29) is 17.1 Å². The fourth-order valence-electron chi connectivity index (χ4n) is 2.60. The topological polar surface area (TPSA) is 126 Å². The van der Waals surface area contributed by atoms with Gasteiger partial charge in [-0.25, -0.2) is 4.79 Å². The van der Waals surface area contributed by atoms with Gasteiger partial charge in [-0.3, -0.25) is 0 Å². The lowest BCUT2D eigenvalue weighted by molar-refractivity contribution is 0.0696. The van der Waals surface area contributed by atoms with Crippen molar-refractivity contribution < 1.29 is 28.8 Å². The fraction of sp³-hybridized carbons (Fsp3) is 0.0952. The molecular formula is C21H20N2O6. The zero-order valence-electron chi connectivity index (χ0n) is 15.8. The van der Waals surface area contributed by atoms with Gasteiger partial charge < -0.3 is 35.5 Å². The van der Waals surface area contributed by atoms with E-state index in [1.807, 2.05) is 0 Å². The van der Waals surface area contributed by atoms with Gasteiger partial charge in [-0.05, 0) is 36.4 Å². The smallest absolute Gasteiger partial charge is 0.335 e. The molecule has 0 radical (unpaired) electrons. The number of ether oxygens (including phenoxy) is 4. The summed E-state index contributed by atoms with van der Waals surface area (Å²) in [5.74, 6) is 1.18. The standard InChI is InChI=1S/C21H20N2O6/c1-26-19-10-13(3-5-17(19)22)28-15-7-12(21(24)25)8-16(9-15)29-14-4-6-18(23)20(11-14)27-2/h3-11H,22-23H2,1-2H3,(H,24,25). The van der Waals surface area contributed by atoms with Gasteiger partial charge in [0, 0.05) is 18.2 Å². The summed E-state index contributed by atoms with van der Waals surface area (Å²) in [5.41, 5.74) is 12.5. The highest BCUT2D eigenvalue weighted by Crippen LogP contribution is 2.35. The highest BCUT2D eigenvalue weighted by Gasteiger charge is 2.12. The van der Waals surface area contributed by atoms with Gasteiger partial charge in [0.05, 0.1) is 31.2 Å². The zero-order valence-corrected chi connectivity index (χ0v) is 15.8. The number of nitrogen functional groups attached to an aromatic ring is 2. The minimum Gasteiger partial charge on any atom is -0.494 e. The van der Waals surface area contributed by atoms with E-state index in [9.17, 15) is 9.90 Å². The summed E-state index contributed by atoms with van der Waals surface area (Å²) in [6, 6.07) is 14.1. The predicted octanol–water partition coefficient (Wildman–Crippen LogP) is 4.15. The fourth-order valence-corrected chi connectivity index (χ4v) is 2.60. The van der Waals surface area contributed by atoms with Crippen LogP contribution in [0.4, 0.5) is 11.4 Å².